The molecule has 0 spiro atoms. The molecule has 0 aliphatic rings. The first-order chi connectivity index (χ1) is 8.97. The first kappa shape index (κ1) is 14.1. The summed E-state index contributed by atoms with van der Waals surface area (Å²) in [7, 11) is 0. The van der Waals surface area contributed by atoms with Crippen molar-refractivity contribution in [3.63, 3.8) is 0 Å². The van der Waals surface area contributed by atoms with E-state index in [1.54, 1.807) is 0 Å². The van der Waals surface area contributed by atoms with Crippen molar-refractivity contribution in [1.82, 2.24) is 0 Å². The van der Waals surface area contributed by atoms with Crippen LogP contribution in [-0.2, 0) is 0 Å². The molecule has 0 aliphatic carbocycles. The third-order valence-electron chi connectivity index (χ3n) is 2.36. The molecule has 98 valence electrons. The molecule has 1 amide bonds. The van der Waals surface area contributed by atoms with Gasteiger partial charge in [-0.1, -0.05) is 0 Å². The Morgan fingerprint density at radius 3 is 2.32 bits per heavy atom. The third kappa shape index (κ3) is 3.39. The van der Waals surface area contributed by atoms with Gasteiger partial charge < -0.3 is 5.32 Å². The van der Waals surface area contributed by atoms with Crippen LogP contribution in [0.1, 0.15) is 10.4 Å². The zero-order chi connectivity index (χ0) is 14.0. The summed E-state index contributed by atoms with van der Waals surface area (Å²) in [6.07, 6.45) is 0. The molecular formula is C13H7Br2F2NO. The van der Waals surface area contributed by atoms with E-state index in [1.165, 1.54) is 30.3 Å². The van der Waals surface area contributed by atoms with Crippen LogP contribution in [0.15, 0.2) is 45.3 Å². The molecule has 0 radical (unpaired) electrons. The fourth-order valence-corrected chi connectivity index (χ4v) is 2.04. The van der Waals surface area contributed by atoms with Crippen LogP contribution in [-0.4, -0.2) is 5.91 Å². The molecule has 0 saturated carbocycles. The first-order valence-corrected chi connectivity index (χ1v) is 6.77. The lowest BCUT2D eigenvalue weighted by molar-refractivity contribution is 0.102. The number of benzene rings is 2. The summed E-state index contributed by atoms with van der Waals surface area (Å²) < 4.78 is 26.9. The Labute approximate surface area is 125 Å². The third-order valence-corrected chi connectivity index (χ3v) is 3.61. The van der Waals surface area contributed by atoms with Crippen LogP contribution in [0.5, 0.6) is 0 Å². The highest BCUT2D eigenvalue weighted by atomic mass is 79.9. The average molecular weight is 391 g/mol. The fraction of sp³-hybridized carbons (Fsp3) is 0. The highest BCUT2D eigenvalue weighted by Crippen LogP contribution is 2.21. The Balaban J connectivity index is 2.20. The van der Waals surface area contributed by atoms with Crippen LogP contribution in [0.25, 0.3) is 0 Å². The van der Waals surface area contributed by atoms with Gasteiger partial charge >= 0.3 is 0 Å². The van der Waals surface area contributed by atoms with Crippen molar-refractivity contribution in [2.24, 2.45) is 0 Å². The Hall–Kier alpha value is -1.27. The minimum absolute atomic E-state index is 0.182. The van der Waals surface area contributed by atoms with Crippen LogP contribution < -0.4 is 5.32 Å². The van der Waals surface area contributed by atoms with E-state index in [1.807, 2.05) is 0 Å². The summed E-state index contributed by atoms with van der Waals surface area (Å²) >= 11 is 6.03. The second kappa shape index (κ2) is 5.79. The normalized spacial score (nSPS) is 10.3. The van der Waals surface area contributed by atoms with Crippen molar-refractivity contribution in [2.45, 2.75) is 0 Å². The van der Waals surface area contributed by atoms with Crippen molar-refractivity contribution in [2.75, 3.05) is 5.32 Å². The Morgan fingerprint density at radius 2 is 1.68 bits per heavy atom. The van der Waals surface area contributed by atoms with E-state index in [0.717, 1.165) is 6.07 Å². The topological polar surface area (TPSA) is 29.1 Å². The van der Waals surface area contributed by atoms with Gasteiger partial charge in [-0.25, -0.2) is 8.78 Å². The number of rotatable bonds is 2. The zero-order valence-corrected chi connectivity index (χ0v) is 12.6. The molecule has 2 rings (SSSR count). The monoisotopic (exact) mass is 389 g/mol. The number of amides is 1. The van der Waals surface area contributed by atoms with Gasteiger partial charge in [-0.2, -0.15) is 0 Å². The number of anilines is 1. The number of carbonyl (C=O) groups is 1. The predicted molar refractivity (Wildman–Crippen MR) is 76.2 cm³/mol. The van der Waals surface area contributed by atoms with Crippen LogP contribution in [0.2, 0.25) is 0 Å². The molecule has 0 unspecified atom stereocenters. The van der Waals surface area contributed by atoms with Crippen molar-refractivity contribution < 1.29 is 13.6 Å². The molecule has 0 aliphatic heterocycles. The summed E-state index contributed by atoms with van der Waals surface area (Å²) in [5.41, 5.74) is 0.600. The lowest BCUT2D eigenvalue weighted by Gasteiger charge is -2.06. The van der Waals surface area contributed by atoms with Gasteiger partial charge in [0.25, 0.3) is 5.91 Å². The van der Waals surface area contributed by atoms with Gasteiger partial charge in [-0.15, -0.1) is 0 Å². The van der Waals surface area contributed by atoms with Crippen molar-refractivity contribution >= 4 is 43.5 Å². The van der Waals surface area contributed by atoms with E-state index in [-0.39, 0.29) is 14.5 Å². The summed E-state index contributed by atoms with van der Waals surface area (Å²) in [5.74, 6) is -1.41. The molecule has 1 N–H and O–H groups in total. The Kier molecular flexibility index (Phi) is 4.31. The maximum absolute atomic E-state index is 13.3. The fourth-order valence-electron chi connectivity index (χ4n) is 1.41. The maximum atomic E-state index is 13.3. The smallest absolute Gasteiger partial charge is 0.255 e. The number of hydrogen-bond donors (Lipinski definition) is 1. The van der Waals surface area contributed by atoms with Crippen LogP contribution in [0.4, 0.5) is 14.5 Å². The van der Waals surface area contributed by atoms with Crippen LogP contribution >= 0.6 is 31.9 Å². The van der Waals surface area contributed by atoms with E-state index in [9.17, 15) is 13.6 Å². The molecule has 2 aromatic carbocycles. The number of hydrogen-bond acceptors (Lipinski definition) is 1. The standard InChI is InChI=1S/C13H7Br2F2NO/c14-9-3-1-7(5-12(9)17)13(19)18-8-2-4-11(16)10(15)6-8/h1-6H,(H,18,19). The van der Waals surface area contributed by atoms with Gasteiger partial charge in [0.15, 0.2) is 0 Å². The second-order valence-corrected chi connectivity index (χ2v) is 5.42. The van der Waals surface area contributed by atoms with Gasteiger partial charge in [0.1, 0.15) is 11.6 Å². The minimum atomic E-state index is -0.520. The average Bonchev–Trinajstić information content (AvgIpc) is 2.37. The summed E-state index contributed by atoms with van der Waals surface area (Å²) in [4.78, 5) is 11.9. The van der Waals surface area contributed by atoms with Gasteiger partial charge in [-0.3, -0.25) is 4.79 Å². The highest BCUT2D eigenvalue weighted by molar-refractivity contribution is 9.10. The van der Waals surface area contributed by atoms with E-state index < -0.39 is 17.5 Å². The Bertz CT molecular complexity index is 647. The molecule has 0 heterocycles. The quantitative estimate of drug-likeness (QED) is 0.788. The van der Waals surface area contributed by atoms with E-state index in [0.29, 0.717) is 5.69 Å². The molecule has 0 bridgehead atoms. The second-order valence-electron chi connectivity index (χ2n) is 3.71. The Morgan fingerprint density at radius 1 is 0.947 bits per heavy atom. The molecule has 0 aromatic heterocycles. The lowest BCUT2D eigenvalue weighted by Crippen LogP contribution is -2.12. The number of carbonyl (C=O) groups excluding carboxylic acids is 1. The largest absolute Gasteiger partial charge is 0.322 e. The summed E-state index contributed by atoms with van der Waals surface area (Å²) in [6.45, 7) is 0. The first-order valence-electron chi connectivity index (χ1n) is 5.19. The van der Waals surface area contributed by atoms with Gasteiger partial charge in [0, 0.05) is 11.3 Å². The maximum Gasteiger partial charge on any atom is 0.255 e. The minimum Gasteiger partial charge on any atom is -0.322 e. The van der Waals surface area contributed by atoms with Crippen LogP contribution in [0, 0.1) is 11.6 Å². The molecule has 0 fully saturated rings. The lowest BCUT2D eigenvalue weighted by atomic mass is 10.2. The molecular weight excluding hydrogens is 384 g/mol. The van der Waals surface area contributed by atoms with Crippen molar-refractivity contribution in [3.05, 3.63) is 62.5 Å². The predicted octanol–water partition coefficient (Wildman–Crippen LogP) is 4.74. The molecule has 2 nitrogen and oxygen atoms in total. The highest BCUT2D eigenvalue weighted by Gasteiger charge is 2.10. The molecule has 6 heteroatoms. The van der Waals surface area contributed by atoms with Gasteiger partial charge in [0.05, 0.1) is 8.95 Å². The zero-order valence-electron chi connectivity index (χ0n) is 9.38. The van der Waals surface area contributed by atoms with E-state index in [4.69, 9.17) is 0 Å². The van der Waals surface area contributed by atoms with E-state index in [2.05, 4.69) is 37.2 Å². The van der Waals surface area contributed by atoms with Gasteiger partial charge in [0.2, 0.25) is 0 Å². The van der Waals surface area contributed by atoms with Crippen molar-refractivity contribution in [3.8, 4) is 0 Å². The summed E-state index contributed by atoms with van der Waals surface area (Å²) in [5, 5.41) is 2.56. The SMILES string of the molecule is O=C(Nc1ccc(F)c(Br)c1)c1ccc(Br)c(F)c1. The van der Waals surface area contributed by atoms with Gasteiger partial charge in [-0.05, 0) is 68.3 Å². The van der Waals surface area contributed by atoms with E-state index >= 15 is 0 Å². The number of nitrogens with one attached hydrogen (secondary N) is 1. The van der Waals surface area contributed by atoms with Crippen molar-refractivity contribution in [1.29, 1.82) is 0 Å². The summed E-state index contributed by atoms with van der Waals surface area (Å²) in [6, 6.07) is 8.14. The molecule has 0 saturated heterocycles. The molecule has 19 heavy (non-hydrogen) atoms. The van der Waals surface area contributed by atoms with Crippen LogP contribution in [0.3, 0.4) is 0 Å². The molecule has 2 aromatic rings. The molecule has 0 atom stereocenters. The number of halogens is 4.